The van der Waals surface area contributed by atoms with Crippen molar-refractivity contribution in [1.82, 2.24) is 13.9 Å². The molecule has 0 spiro atoms. The van der Waals surface area contributed by atoms with Gasteiger partial charge in [0.2, 0.25) is 5.91 Å². The molecule has 0 bridgehead atoms. The van der Waals surface area contributed by atoms with Gasteiger partial charge in [-0.15, -0.1) is 0 Å². The van der Waals surface area contributed by atoms with Gasteiger partial charge in [-0.25, -0.2) is 0 Å². The Morgan fingerprint density at radius 1 is 1.29 bits per heavy atom. The minimum Gasteiger partial charge on any atom is -0.337 e. The van der Waals surface area contributed by atoms with Crippen molar-refractivity contribution in [2.75, 3.05) is 20.6 Å². The van der Waals surface area contributed by atoms with Crippen molar-refractivity contribution in [3.8, 4) is 0 Å². The molecule has 0 radical (unpaired) electrons. The highest BCUT2D eigenvalue weighted by atomic mass is 32.2. The standard InChI is InChI=1S/C14H18F3N3O3S/c1-19(2)24(22,23)18-11-7-13(21)20(9-11)8-10-5-3-4-6-12(10)14(15,16)17/h3-6,11,18H,7-9H2,1-2H3/t11-/m0/s1. The molecule has 134 valence electrons. The molecule has 0 aromatic heterocycles. The smallest absolute Gasteiger partial charge is 0.337 e. The molecule has 0 unspecified atom stereocenters. The normalized spacial score (nSPS) is 19.3. The molecule has 0 saturated carbocycles. The highest BCUT2D eigenvalue weighted by Gasteiger charge is 2.36. The second-order valence-corrected chi connectivity index (χ2v) is 7.65. The third kappa shape index (κ3) is 4.25. The van der Waals surface area contributed by atoms with E-state index < -0.39 is 33.9 Å². The van der Waals surface area contributed by atoms with Crippen molar-refractivity contribution in [3.05, 3.63) is 35.4 Å². The van der Waals surface area contributed by atoms with Crippen molar-refractivity contribution in [3.63, 3.8) is 0 Å². The van der Waals surface area contributed by atoms with Crippen molar-refractivity contribution in [2.24, 2.45) is 0 Å². The summed E-state index contributed by atoms with van der Waals surface area (Å²) in [5.74, 6) is -0.390. The summed E-state index contributed by atoms with van der Waals surface area (Å²) >= 11 is 0. The van der Waals surface area contributed by atoms with Gasteiger partial charge in [0, 0.05) is 39.6 Å². The van der Waals surface area contributed by atoms with Crippen LogP contribution in [0.3, 0.4) is 0 Å². The number of alkyl halides is 3. The van der Waals surface area contributed by atoms with Crippen LogP contribution in [0.5, 0.6) is 0 Å². The molecule has 1 atom stereocenters. The summed E-state index contributed by atoms with van der Waals surface area (Å²) in [5, 5.41) is 0. The molecular weight excluding hydrogens is 347 g/mol. The highest BCUT2D eigenvalue weighted by molar-refractivity contribution is 7.87. The number of nitrogens with one attached hydrogen (secondary N) is 1. The predicted octanol–water partition coefficient (Wildman–Crippen LogP) is 1.20. The minimum atomic E-state index is -4.51. The number of hydrogen-bond donors (Lipinski definition) is 1. The van der Waals surface area contributed by atoms with Crippen LogP contribution >= 0.6 is 0 Å². The number of benzene rings is 1. The first-order valence-electron chi connectivity index (χ1n) is 7.13. The second kappa shape index (κ2) is 6.69. The van der Waals surface area contributed by atoms with E-state index in [9.17, 15) is 26.4 Å². The van der Waals surface area contributed by atoms with Crippen LogP contribution in [-0.2, 0) is 27.7 Å². The van der Waals surface area contributed by atoms with Gasteiger partial charge in [-0.2, -0.15) is 30.6 Å². The maximum absolute atomic E-state index is 13.0. The molecule has 1 amide bonds. The lowest BCUT2D eigenvalue weighted by Crippen LogP contribution is -2.43. The van der Waals surface area contributed by atoms with Crippen molar-refractivity contribution >= 4 is 16.1 Å². The maximum atomic E-state index is 13.0. The zero-order valence-corrected chi connectivity index (χ0v) is 14.0. The number of hydrogen-bond acceptors (Lipinski definition) is 3. The molecule has 1 saturated heterocycles. The molecule has 1 aliphatic heterocycles. The van der Waals surface area contributed by atoms with E-state index >= 15 is 0 Å². The van der Waals surface area contributed by atoms with E-state index in [2.05, 4.69) is 4.72 Å². The van der Waals surface area contributed by atoms with Crippen molar-refractivity contribution < 1.29 is 26.4 Å². The van der Waals surface area contributed by atoms with Gasteiger partial charge in [-0.3, -0.25) is 4.79 Å². The van der Waals surface area contributed by atoms with Crippen molar-refractivity contribution in [2.45, 2.75) is 25.2 Å². The van der Waals surface area contributed by atoms with Gasteiger partial charge in [0.1, 0.15) is 0 Å². The fourth-order valence-corrected chi connectivity index (χ4v) is 3.25. The molecule has 1 aromatic carbocycles. The molecule has 2 rings (SSSR count). The molecule has 6 nitrogen and oxygen atoms in total. The summed E-state index contributed by atoms with van der Waals surface area (Å²) in [6.07, 6.45) is -4.59. The quantitative estimate of drug-likeness (QED) is 0.853. The first-order valence-corrected chi connectivity index (χ1v) is 8.57. The van der Waals surface area contributed by atoms with E-state index in [0.717, 1.165) is 10.4 Å². The zero-order valence-electron chi connectivity index (χ0n) is 13.2. The summed E-state index contributed by atoms with van der Waals surface area (Å²) < 4.78 is 65.9. The Balaban J connectivity index is 2.12. The Labute approximate surface area is 138 Å². The van der Waals surface area contributed by atoms with Crippen LogP contribution in [0.2, 0.25) is 0 Å². The number of rotatable bonds is 5. The zero-order chi connectivity index (χ0) is 18.1. The Morgan fingerprint density at radius 2 is 1.92 bits per heavy atom. The predicted molar refractivity (Wildman–Crippen MR) is 81.0 cm³/mol. The van der Waals surface area contributed by atoms with Gasteiger partial charge < -0.3 is 4.90 Å². The molecular formula is C14H18F3N3O3S. The fraction of sp³-hybridized carbons (Fsp3) is 0.500. The highest BCUT2D eigenvalue weighted by Crippen LogP contribution is 2.32. The molecule has 1 aliphatic rings. The van der Waals surface area contributed by atoms with Gasteiger partial charge in [-0.05, 0) is 11.6 Å². The lowest BCUT2D eigenvalue weighted by atomic mass is 10.1. The minimum absolute atomic E-state index is 0.0190. The number of carbonyl (C=O) groups excluding carboxylic acids is 1. The fourth-order valence-electron chi connectivity index (χ4n) is 2.46. The topological polar surface area (TPSA) is 69.7 Å². The Kier molecular flexibility index (Phi) is 5.21. The maximum Gasteiger partial charge on any atom is 0.416 e. The lowest BCUT2D eigenvalue weighted by Gasteiger charge is -2.20. The molecule has 0 aliphatic carbocycles. The van der Waals surface area contributed by atoms with E-state index in [4.69, 9.17) is 0 Å². The second-order valence-electron chi connectivity index (χ2n) is 5.74. The van der Waals surface area contributed by atoms with Gasteiger partial charge in [0.05, 0.1) is 5.56 Å². The summed E-state index contributed by atoms with van der Waals surface area (Å²) in [7, 11) is -1.02. The van der Waals surface area contributed by atoms with Gasteiger partial charge >= 0.3 is 6.18 Å². The molecule has 1 fully saturated rings. The number of likely N-dealkylation sites (tertiary alicyclic amines) is 1. The molecule has 10 heteroatoms. The van der Waals surface area contributed by atoms with Crippen LogP contribution in [-0.4, -0.2) is 50.2 Å². The first-order chi connectivity index (χ1) is 11.0. The summed E-state index contributed by atoms with van der Waals surface area (Å²) in [4.78, 5) is 13.2. The largest absolute Gasteiger partial charge is 0.416 e. The van der Waals surface area contributed by atoms with Gasteiger partial charge in [0.15, 0.2) is 0 Å². The van der Waals surface area contributed by atoms with E-state index in [0.29, 0.717) is 0 Å². The SMILES string of the molecule is CN(C)S(=O)(=O)N[C@H]1CC(=O)N(Cc2ccccc2C(F)(F)F)C1. The summed E-state index contributed by atoms with van der Waals surface area (Å²) in [6.45, 7) is -0.188. The van der Waals surface area contributed by atoms with E-state index in [1.165, 1.54) is 37.2 Å². The van der Waals surface area contributed by atoms with Gasteiger partial charge in [0.25, 0.3) is 10.2 Å². The van der Waals surface area contributed by atoms with Crippen LogP contribution in [0.15, 0.2) is 24.3 Å². The third-order valence-electron chi connectivity index (χ3n) is 3.69. The average Bonchev–Trinajstić information content (AvgIpc) is 2.77. The molecule has 24 heavy (non-hydrogen) atoms. The number of halogens is 3. The molecule has 1 heterocycles. The summed E-state index contributed by atoms with van der Waals surface area (Å²) in [5.41, 5.74) is -0.815. The van der Waals surface area contributed by atoms with E-state index in [1.807, 2.05) is 0 Å². The first kappa shape index (κ1) is 18.7. The molecule has 1 N–H and O–H groups in total. The lowest BCUT2D eigenvalue weighted by molar-refractivity contribution is -0.139. The van der Waals surface area contributed by atoms with Crippen molar-refractivity contribution in [1.29, 1.82) is 0 Å². The van der Waals surface area contributed by atoms with E-state index in [1.54, 1.807) is 0 Å². The number of carbonyl (C=O) groups is 1. The van der Waals surface area contributed by atoms with Crippen LogP contribution in [0.1, 0.15) is 17.5 Å². The number of amides is 1. The third-order valence-corrected chi connectivity index (χ3v) is 5.29. The Morgan fingerprint density at radius 3 is 2.50 bits per heavy atom. The van der Waals surface area contributed by atoms with Crippen LogP contribution in [0.4, 0.5) is 13.2 Å². The van der Waals surface area contributed by atoms with Crippen LogP contribution < -0.4 is 4.72 Å². The molecule has 1 aromatic rings. The van der Waals surface area contributed by atoms with Crippen LogP contribution in [0, 0.1) is 0 Å². The summed E-state index contributed by atoms with van der Waals surface area (Å²) in [6, 6.07) is 4.36. The monoisotopic (exact) mass is 365 g/mol. The Hall–Kier alpha value is -1.65. The van der Waals surface area contributed by atoms with Crippen LogP contribution in [0.25, 0.3) is 0 Å². The Bertz CT molecular complexity index is 719. The number of nitrogens with zero attached hydrogens (tertiary/aromatic N) is 2. The average molecular weight is 365 g/mol. The van der Waals surface area contributed by atoms with Gasteiger partial charge in [-0.1, -0.05) is 18.2 Å². The van der Waals surface area contributed by atoms with E-state index in [-0.39, 0.29) is 25.1 Å².